The molecule has 0 spiro atoms. The van der Waals surface area contributed by atoms with Gasteiger partial charge in [0.2, 0.25) is 5.91 Å². The maximum absolute atomic E-state index is 12.5. The zero-order valence-corrected chi connectivity index (χ0v) is 17.1. The number of β-amino-alcohol motifs (C(OH)–C–C–N with tert-alkyl or cyclic N) is 1. The topological polar surface area (TPSA) is 90.2 Å². The number of fused-ring (bicyclic) bond motifs is 1. The molecular weight excluding hydrogens is 370 g/mol. The normalized spacial score (nSPS) is 15.0. The van der Waals surface area contributed by atoms with E-state index in [0.29, 0.717) is 25.2 Å². The summed E-state index contributed by atoms with van der Waals surface area (Å²) in [6.45, 7) is 6.44. The number of carbonyl (C=O) groups is 2. The molecular formula is C21H31N5O3. The molecule has 0 unspecified atom stereocenters. The van der Waals surface area contributed by atoms with Gasteiger partial charge < -0.3 is 15.3 Å². The molecule has 2 aromatic heterocycles. The van der Waals surface area contributed by atoms with Gasteiger partial charge in [-0.3, -0.25) is 18.9 Å². The zero-order valence-electron chi connectivity index (χ0n) is 17.1. The van der Waals surface area contributed by atoms with Gasteiger partial charge in [0.25, 0.3) is 5.91 Å². The van der Waals surface area contributed by atoms with Crippen LogP contribution in [0, 0.1) is 6.92 Å². The van der Waals surface area contributed by atoms with Crippen molar-refractivity contribution in [2.75, 3.05) is 45.9 Å². The fourth-order valence-corrected chi connectivity index (χ4v) is 3.77. The maximum atomic E-state index is 12.5. The number of hydrogen-bond donors (Lipinski definition) is 2. The Hall–Kier alpha value is -2.45. The van der Waals surface area contributed by atoms with E-state index in [-0.39, 0.29) is 18.4 Å². The minimum atomic E-state index is -0.113. The molecule has 8 heteroatoms. The van der Waals surface area contributed by atoms with E-state index < -0.39 is 0 Å². The molecule has 1 fully saturated rings. The van der Waals surface area contributed by atoms with E-state index in [1.165, 1.54) is 0 Å². The zero-order chi connectivity index (χ0) is 20.6. The lowest BCUT2D eigenvalue weighted by molar-refractivity contribution is -0.133. The van der Waals surface area contributed by atoms with Crippen LogP contribution in [0.1, 0.15) is 41.9 Å². The Labute approximate surface area is 171 Å². The number of aromatic nitrogens is 2. The Morgan fingerprint density at radius 2 is 1.93 bits per heavy atom. The highest BCUT2D eigenvalue weighted by atomic mass is 16.3. The van der Waals surface area contributed by atoms with E-state index in [4.69, 9.17) is 5.11 Å². The maximum Gasteiger partial charge on any atom is 0.270 e. The second kappa shape index (κ2) is 10.4. The molecule has 0 aromatic carbocycles. The van der Waals surface area contributed by atoms with Gasteiger partial charge in [-0.15, -0.1) is 0 Å². The predicted molar refractivity (Wildman–Crippen MR) is 111 cm³/mol. The molecule has 2 aromatic rings. The summed E-state index contributed by atoms with van der Waals surface area (Å²) in [5.41, 5.74) is 2.07. The molecule has 1 saturated heterocycles. The molecule has 29 heavy (non-hydrogen) atoms. The minimum Gasteiger partial charge on any atom is -0.395 e. The summed E-state index contributed by atoms with van der Waals surface area (Å²) in [6, 6.07) is 5.67. The summed E-state index contributed by atoms with van der Waals surface area (Å²) in [5, 5.41) is 11.9. The van der Waals surface area contributed by atoms with Crippen molar-refractivity contribution in [1.29, 1.82) is 0 Å². The van der Waals surface area contributed by atoms with Gasteiger partial charge in [-0.1, -0.05) is 12.5 Å². The first kappa shape index (κ1) is 21.3. The second-order valence-electron chi connectivity index (χ2n) is 7.49. The van der Waals surface area contributed by atoms with E-state index >= 15 is 0 Å². The van der Waals surface area contributed by atoms with Crippen molar-refractivity contribution in [2.24, 2.45) is 0 Å². The number of carbonyl (C=O) groups excluding carboxylic acids is 2. The first-order chi connectivity index (χ1) is 14.1. The fraction of sp³-hybridized carbons (Fsp3) is 0.571. The van der Waals surface area contributed by atoms with Crippen LogP contribution in [0.25, 0.3) is 5.65 Å². The molecule has 0 saturated carbocycles. The van der Waals surface area contributed by atoms with Crippen LogP contribution < -0.4 is 5.32 Å². The number of aliphatic hydroxyl groups is 1. The molecule has 3 rings (SSSR count). The van der Waals surface area contributed by atoms with Gasteiger partial charge in [0.1, 0.15) is 11.3 Å². The number of nitrogens with one attached hydrogen (secondary N) is 1. The third kappa shape index (κ3) is 5.55. The molecule has 1 aliphatic rings. The van der Waals surface area contributed by atoms with E-state index in [1.807, 2.05) is 40.6 Å². The third-order valence-electron chi connectivity index (χ3n) is 5.41. The van der Waals surface area contributed by atoms with E-state index in [2.05, 4.69) is 15.2 Å². The van der Waals surface area contributed by atoms with Crippen LogP contribution in [0.15, 0.2) is 24.4 Å². The molecule has 0 bridgehead atoms. The standard InChI is InChI=1S/C21H31N5O3/c1-17-20(26-10-6-4-7-18(26)23-17)21(29)22-9-5-2-3-8-19(28)25-13-11-24(12-14-25)15-16-27/h4,6-7,10,27H,2-3,5,8-9,11-16H2,1H3,(H,22,29). The van der Waals surface area contributed by atoms with Crippen LogP contribution in [-0.2, 0) is 4.79 Å². The summed E-state index contributed by atoms with van der Waals surface area (Å²) in [7, 11) is 0. The Morgan fingerprint density at radius 3 is 2.69 bits per heavy atom. The Bertz CT molecular complexity index is 827. The number of nitrogens with zero attached hydrogens (tertiary/aromatic N) is 4. The van der Waals surface area contributed by atoms with E-state index in [0.717, 1.165) is 56.8 Å². The SMILES string of the molecule is Cc1nc2ccccn2c1C(=O)NCCCCCC(=O)N1CCN(CCO)CC1. The lowest BCUT2D eigenvalue weighted by Crippen LogP contribution is -2.49. The number of amides is 2. The Balaban J connectivity index is 1.32. The molecule has 2 N–H and O–H groups in total. The van der Waals surface area contributed by atoms with Crippen LogP contribution >= 0.6 is 0 Å². The van der Waals surface area contributed by atoms with E-state index in [9.17, 15) is 9.59 Å². The fourth-order valence-electron chi connectivity index (χ4n) is 3.77. The van der Waals surface area contributed by atoms with Crippen LogP contribution in [-0.4, -0.2) is 82.0 Å². The van der Waals surface area contributed by atoms with Crippen molar-refractivity contribution in [3.05, 3.63) is 35.8 Å². The first-order valence-corrected chi connectivity index (χ1v) is 10.4. The van der Waals surface area contributed by atoms with Gasteiger partial charge in [-0.05, 0) is 31.9 Å². The smallest absolute Gasteiger partial charge is 0.270 e. The van der Waals surface area contributed by atoms with Crippen molar-refractivity contribution in [2.45, 2.75) is 32.6 Å². The lowest BCUT2D eigenvalue weighted by Gasteiger charge is -2.34. The number of rotatable bonds is 9. The molecule has 3 heterocycles. The highest BCUT2D eigenvalue weighted by molar-refractivity contribution is 5.94. The van der Waals surface area contributed by atoms with Crippen LogP contribution in [0.2, 0.25) is 0 Å². The van der Waals surface area contributed by atoms with Crippen molar-refractivity contribution in [3.63, 3.8) is 0 Å². The van der Waals surface area contributed by atoms with E-state index in [1.54, 1.807) is 0 Å². The summed E-state index contributed by atoms with van der Waals surface area (Å²) in [6.07, 6.45) is 4.99. The van der Waals surface area contributed by atoms with Crippen LogP contribution in [0.4, 0.5) is 0 Å². The summed E-state index contributed by atoms with van der Waals surface area (Å²) >= 11 is 0. The molecule has 2 amide bonds. The Morgan fingerprint density at radius 1 is 1.14 bits per heavy atom. The lowest BCUT2D eigenvalue weighted by atomic mass is 10.1. The molecule has 0 aliphatic carbocycles. The van der Waals surface area contributed by atoms with Crippen LogP contribution in [0.5, 0.6) is 0 Å². The molecule has 158 valence electrons. The summed E-state index contributed by atoms with van der Waals surface area (Å²) in [4.78, 5) is 33.3. The van der Waals surface area contributed by atoms with Crippen molar-refractivity contribution in [1.82, 2.24) is 24.5 Å². The minimum absolute atomic E-state index is 0.113. The van der Waals surface area contributed by atoms with Gasteiger partial charge >= 0.3 is 0 Å². The van der Waals surface area contributed by atoms with Gasteiger partial charge in [-0.2, -0.15) is 0 Å². The highest BCUT2D eigenvalue weighted by Gasteiger charge is 2.20. The first-order valence-electron chi connectivity index (χ1n) is 10.4. The van der Waals surface area contributed by atoms with Gasteiger partial charge in [0.05, 0.1) is 12.3 Å². The molecule has 1 aliphatic heterocycles. The van der Waals surface area contributed by atoms with Crippen LogP contribution in [0.3, 0.4) is 0 Å². The average molecular weight is 402 g/mol. The number of unbranched alkanes of at least 4 members (excludes halogenated alkanes) is 2. The third-order valence-corrected chi connectivity index (χ3v) is 5.41. The van der Waals surface area contributed by atoms with Gasteiger partial charge in [-0.25, -0.2) is 4.98 Å². The second-order valence-corrected chi connectivity index (χ2v) is 7.49. The monoisotopic (exact) mass is 401 g/mol. The predicted octanol–water partition coefficient (Wildman–Crippen LogP) is 1.07. The summed E-state index contributed by atoms with van der Waals surface area (Å²) < 4.78 is 1.81. The number of imidazole rings is 1. The number of aliphatic hydroxyl groups excluding tert-OH is 1. The molecule has 8 nitrogen and oxygen atoms in total. The quantitative estimate of drug-likeness (QED) is 0.614. The number of aryl methyl sites for hydroxylation is 1. The molecule has 0 atom stereocenters. The highest BCUT2D eigenvalue weighted by Crippen LogP contribution is 2.12. The number of piperazine rings is 1. The van der Waals surface area contributed by atoms with Crippen molar-refractivity contribution in [3.8, 4) is 0 Å². The van der Waals surface area contributed by atoms with Gasteiger partial charge in [0, 0.05) is 51.9 Å². The summed E-state index contributed by atoms with van der Waals surface area (Å²) in [5.74, 6) is 0.0945. The number of hydrogen-bond acceptors (Lipinski definition) is 5. The number of pyridine rings is 1. The van der Waals surface area contributed by atoms with Crippen molar-refractivity contribution >= 4 is 17.5 Å². The average Bonchev–Trinajstić information content (AvgIpc) is 3.06. The van der Waals surface area contributed by atoms with Crippen molar-refractivity contribution < 1.29 is 14.7 Å². The van der Waals surface area contributed by atoms with Gasteiger partial charge in [0.15, 0.2) is 0 Å². The largest absolute Gasteiger partial charge is 0.395 e. The Kier molecular flexibility index (Phi) is 7.60. The molecule has 0 radical (unpaired) electrons.